The van der Waals surface area contributed by atoms with Crippen LogP contribution in [0.15, 0.2) is 17.1 Å². The van der Waals surface area contributed by atoms with Gasteiger partial charge >= 0.3 is 19.5 Å². The fraction of sp³-hybridized carbons (Fsp3) is 0.720. The first-order valence-corrected chi connectivity index (χ1v) is 15.8. The molecule has 2 aliphatic heterocycles. The van der Waals surface area contributed by atoms with Crippen molar-refractivity contribution in [1.82, 2.24) is 20.2 Å². The molecule has 2 saturated heterocycles. The van der Waals surface area contributed by atoms with E-state index >= 15 is 0 Å². The van der Waals surface area contributed by atoms with E-state index in [1.807, 2.05) is 0 Å². The second-order valence-corrected chi connectivity index (χ2v) is 12.4. The Morgan fingerprint density at radius 2 is 1.92 bits per heavy atom. The lowest BCUT2D eigenvalue weighted by molar-refractivity contribution is -0.277. The molecule has 0 spiro atoms. The third-order valence-electron chi connectivity index (χ3n) is 7.47. The summed E-state index contributed by atoms with van der Waals surface area (Å²) in [6.45, 7) is 0.985. The van der Waals surface area contributed by atoms with Gasteiger partial charge in [-0.2, -0.15) is 4.98 Å². The molecule has 3 heterocycles. The highest BCUT2D eigenvalue weighted by molar-refractivity contribution is 7.47. The molecule has 0 radical (unpaired) electrons. The Bertz CT molecular complexity index is 1410. The molecule has 0 saturated carbocycles. The summed E-state index contributed by atoms with van der Waals surface area (Å²) >= 11 is 0. The molecule has 2 amide bonds. The number of carboxylic acids is 1. The fourth-order valence-corrected chi connectivity index (χ4v) is 6.10. The number of aliphatic carboxylic acids is 1. The van der Waals surface area contributed by atoms with Crippen LogP contribution in [0.1, 0.15) is 26.5 Å². The van der Waals surface area contributed by atoms with Crippen LogP contribution in [0.4, 0.5) is 5.82 Å². The van der Waals surface area contributed by atoms with Crippen molar-refractivity contribution in [2.75, 3.05) is 33.2 Å². The van der Waals surface area contributed by atoms with Crippen LogP contribution in [-0.4, -0.2) is 146 Å². The molecule has 0 aliphatic carbocycles. The largest absolute Gasteiger partial charge is 0.477 e. The third kappa shape index (κ3) is 9.11. The molecule has 23 heteroatoms. The molecule has 3 rings (SSSR count). The van der Waals surface area contributed by atoms with Gasteiger partial charge in [-0.1, -0.05) is 0 Å². The Hall–Kier alpha value is -3.12. The Morgan fingerprint density at radius 1 is 1.25 bits per heavy atom. The quantitative estimate of drug-likeness (QED) is 0.0774. The van der Waals surface area contributed by atoms with E-state index in [9.17, 15) is 54.2 Å². The lowest BCUT2D eigenvalue weighted by Gasteiger charge is -2.47. The lowest BCUT2D eigenvalue weighted by Crippen LogP contribution is -2.70. The topological polar surface area (TPSA) is 330 Å². The number of phosphoric ester groups is 1. The number of carboxylic acid groups (broad SMARTS) is 1. The van der Waals surface area contributed by atoms with Crippen molar-refractivity contribution in [3.05, 3.63) is 22.7 Å². The van der Waals surface area contributed by atoms with Crippen LogP contribution in [0.5, 0.6) is 0 Å². The Morgan fingerprint density at radius 3 is 2.46 bits per heavy atom. The number of hydrogen-bond donors (Lipinski definition) is 9. The minimum Gasteiger partial charge on any atom is -0.477 e. The summed E-state index contributed by atoms with van der Waals surface area (Å²) in [4.78, 5) is 63.7. The first-order valence-electron chi connectivity index (χ1n) is 14.3. The van der Waals surface area contributed by atoms with E-state index in [0.29, 0.717) is 0 Å². The maximum atomic E-state index is 13.1. The summed E-state index contributed by atoms with van der Waals surface area (Å²) in [7, 11) is -3.08. The summed E-state index contributed by atoms with van der Waals surface area (Å²) in [5.74, 6) is -7.00. The molecule has 10 N–H and O–H groups in total. The van der Waals surface area contributed by atoms with Crippen molar-refractivity contribution < 1.29 is 77.4 Å². The van der Waals surface area contributed by atoms with Crippen molar-refractivity contribution >= 4 is 31.4 Å². The number of carbonyl (C=O) groups is 3. The average molecular weight is 714 g/mol. The summed E-state index contributed by atoms with van der Waals surface area (Å²) in [6, 6.07) is -1.90. The summed E-state index contributed by atoms with van der Waals surface area (Å²) in [5, 5.41) is 57.4. The normalized spacial score (nSPS) is 32.1. The predicted octanol–water partition coefficient (Wildman–Crippen LogP) is -4.46. The van der Waals surface area contributed by atoms with Crippen LogP contribution < -0.4 is 22.1 Å². The second-order valence-electron chi connectivity index (χ2n) is 11.0. The molecule has 22 nitrogen and oxygen atoms in total. The molecule has 0 bridgehead atoms. The van der Waals surface area contributed by atoms with Crippen molar-refractivity contribution in [1.29, 1.82) is 0 Å². The number of methoxy groups -OCH3 is 2. The number of aliphatic hydroxyl groups is 4. The number of aliphatic hydroxyl groups excluding tert-OH is 4. The SMILES string of the molecule is COCC(OC)C(=O)N[C@@H]1[C@H]([C@@H](NC(C)=O)[C@H](C)O)O[C@](OP(=O)(O)OC[C@H]2O[C@@H](n3ccc(N)nc3=O)[C@H](O)[C@@H]2O)(C(=O)O)C[C@@H]1O. The monoisotopic (exact) mass is 713 g/mol. The fourth-order valence-electron chi connectivity index (χ4n) is 5.14. The number of anilines is 1. The third-order valence-corrected chi connectivity index (χ3v) is 8.47. The molecule has 1 aromatic rings. The van der Waals surface area contributed by atoms with E-state index in [1.165, 1.54) is 27.2 Å². The first kappa shape index (κ1) is 39.3. The van der Waals surface area contributed by atoms with Crippen LogP contribution in [0.2, 0.25) is 0 Å². The molecule has 2 aliphatic rings. The van der Waals surface area contributed by atoms with Crippen LogP contribution in [0.3, 0.4) is 0 Å². The number of phosphoric acid groups is 1. The number of nitrogens with zero attached hydrogens (tertiary/aromatic N) is 2. The molecular weight excluding hydrogens is 673 g/mol. The molecule has 272 valence electrons. The van der Waals surface area contributed by atoms with Gasteiger partial charge in [-0.25, -0.2) is 18.7 Å². The maximum Gasteiger partial charge on any atom is 0.475 e. The number of rotatable bonds is 15. The molecular formula is C25H40N5O17P. The van der Waals surface area contributed by atoms with Crippen LogP contribution >= 0.6 is 7.82 Å². The second kappa shape index (κ2) is 16.1. The summed E-state index contributed by atoms with van der Waals surface area (Å²) in [5.41, 5.74) is 4.50. The lowest BCUT2D eigenvalue weighted by atomic mass is 9.87. The number of hydrogen-bond acceptors (Lipinski definition) is 17. The van der Waals surface area contributed by atoms with E-state index in [4.69, 9.17) is 33.7 Å². The Labute approximate surface area is 272 Å². The van der Waals surface area contributed by atoms with Gasteiger partial charge in [-0.15, -0.1) is 0 Å². The number of aromatic nitrogens is 2. The van der Waals surface area contributed by atoms with Gasteiger partial charge in [0.05, 0.1) is 37.5 Å². The molecule has 12 atom stereocenters. The van der Waals surface area contributed by atoms with E-state index in [0.717, 1.165) is 17.7 Å². The number of nitrogen functional groups attached to an aromatic ring is 1. The molecule has 2 unspecified atom stereocenters. The number of nitrogens with one attached hydrogen (secondary N) is 2. The highest BCUT2D eigenvalue weighted by Crippen LogP contribution is 2.51. The number of carbonyl (C=O) groups excluding carboxylic acids is 2. The zero-order valence-electron chi connectivity index (χ0n) is 26.1. The molecule has 1 aromatic heterocycles. The highest BCUT2D eigenvalue weighted by atomic mass is 31.2. The zero-order valence-corrected chi connectivity index (χ0v) is 27.0. The van der Waals surface area contributed by atoms with E-state index in [1.54, 1.807) is 0 Å². The highest BCUT2D eigenvalue weighted by Gasteiger charge is 2.59. The molecule has 2 fully saturated rings. The van der Waals surface area contributed by atoms with Crippen LogP contribution in [0, 0.1) is 0 Å². The Kier molecular flexibility index (Phi) is 13.2. The summed E-state index contributed by atoms with van der Waals surface area (Å²) < 4.78 is 44.8. The minimum absolute atomic E-state index is 0.136. The van der Waals surface area contributed by atoms with Gasteiger partial charge in [0.15, 0.2) is 12.3 Å². The van der Waals surface area contributed by atoms with Gasteiger partial charge in [-0.3, -0.25) is 18.7 Å². The smallest absolute Gasteiger partial charge is 0.475 e. The van der Waals surface area contributed by atoms with Gasteiger partial charge in [-0.05, 0) is 13.0 Å². The van der Waals surface area contributed by atoms with Gasteiger partial charge in [0, 0.05) is 33.8 Å². The first-order chi connectivity index (χ1) is 22.4. The number of amides is 2. The minimum atomic E-state index is -5.56. The van der Waals surface area contributed by atoms with Crippen LogP contribution in [0.25, 0.3) is 0 Å². The van der Waals surface area contributed by atoms with E-state index in [2.05, 4.69) is 15.6 Å². The van der Waals surface area contributed by atoms with Crippen molar-refractivity contribution in [2.45, 2.75) is 87.1 Å². The molecule has 48 heavy (non-hydrogen) atoms. The molecule has 0 aromatic carbocycles. The average Bonchev–Trinajstić information content (AvgIpc) is 3.27. The zero-order chi connectivity index (χ0) is 36.1. The Balaban J connectivity index is 1.86. The standard InChI is InChI=1S/C25H40N5O17P/c1-10(31)16(27-11(2)32)20-17(29-21(36)14(43-4)8-42-3)12(33)7-25(46-20,23(37)38)47-48(40,41)44-9-13-18(34)19(35)22(45-13)30-6-5-15(26)28-24(30)39/h5-6,10,12-14,16-20,22,31,33-35H,7-9H2,1-4H3,(H,27,32)(H,29,36)(H,37,38)(H,40,41)(H2,26,28,39)/t10-,12-,13+,14?,16-,17-,18+,19+,20-,22+,25+/m0/s1. The maximum absolute atomic E-state index is 13.1. The van der Waals surface area contributed by atoms with Gasteiger partial charge in [0.2, 0.25) is 5.91 Å². The van der Waals surface area contributed by atoms with Crippen molar-refractivity contribution in [2.24, 2.45) is 0 Å². The summed E-state index contributed by atoms with van der Waals surface area (Å²) in [6.07, 6.45) is -13.2. The van der Waals surface area contributed by atoms with Crippen LogP contribution in [-0.2, 0) is 46.9 Å². The predicted molar refractivity (Wildman–Crippen MR) is 155 cm³/mol. The van der Waals surface area contributed by atoms with Gasteiger partial charge < -0.3 is 65.7 Å². The van der Waals surface area contributed by atoms with Gasteiger partial charge in [0.1, 0.15) is 30.2 Å². The number of ether oxygens (including phenoxy) is 4. The van der Waals surface area contributed by atoms with Crippen molar-refractivity contribution in [3.63, 3.8) is 0 Å². The number of nitrogens with two attached hydrogens (primary N) is 1. The van der Waals surface area contributed by atoms with E-state index < -0.39 is 111 Å². The van der Waals surface area contributed by atoms with E-state index in [-0.39, 0.29) is 12.4 Å². The van der Waals surface area contributed by atoms with Crippen molar-refractivity contribution in [3.8, 4) is 0 Å². The van der Waals surface area contributed by atoms with Gasteiger partial charge in [0.25, 0.3) is 11.7 Å².